The lowest BCUT2D eigenvalue weighted by Gasteiger charge is -2.12. The molecule has 0 bridgehead atoms. The molecule has 3 aromatic rings. The summed E-state index contributed by atoms with van der Waals surface area (Å²) in [6, 6.07) is 11.1. The molecule has 5 heteroatoms. The molecular weight excluding hydrogens is 518 g/mol. The van der Waals surface area contributed by atoms with Gasteiger partial charge in [0.15, 0.2) is 0 Å². The second-order valence-electron chi connectivity index (χ2n) is 4.34. The molecule has 0 aliphatic carbocycles. The summed E-state index contributed by atoms with van der Waals surface area (Å²) in [7, 11) is 0. The van der Waals surface area contributed by atoms with Gasteiger partial charge in [-0.2, -0.15) is 0 Å². The molecule has 0 N–H and O–H groups in total. The van der Waals surface area contributed by atoms with Crippen LogP contribution in [-0.4, -0.2) is 0 Å². The summed E-state index contributed by atoms with van der Waals surface area (Å²) in [5.74, 6) is -0.198. The first-order valence-corrected chi connectivity index (χ1v) is 9.49. The van der Waals surface area contributed by atoms with Crippen LogP contribution in [0.15, 0.2) is 46.3 Å². The highest BCUT2D eigenvalue weighted by atomic mass is 127. The molecule has 0 radical (unpaired) electrons. The van der Waals surface area contributed by atoms with Crippen LogP contribution in [0.4, 0.5) is 4.39 Å². The minimum Gasteiger partial charge on any atom is -0.207 e. The van der Waals surface area contributed by atoms with Gasteiger partial charge in [-0.05, 0) is 78.6 Å². The zero-order valence-corrected chi connectivity index (χ0v) is 16.2. The topological polar surface area (TPSA) is 0 Å². The summed E-state index contributed by atoms with van der Waals surface area (Å²) in [5.41, 5.74) is 2.31. The highest BCUT2D eigenvalue weighted by Gasteiger charge is 2.18. The van der Waals surface area contributed by atoms with Gasteiger partial charge in [-0.1, -0.05) is 34.1 Å². The van der Waals surface area contributed by atoms with E-state index < -0.39 is 0 Å². The first kappa shape index (κ1) is 14.9. The van der Waals surface area contributed by atoms with E-state index in [-0.39, 0.29) is 10.6 Å². The largest absolute Gasteiger partial charge is 0.207 e. The molecular formula is C15H8Br2FIS. The number of hydrogen-bond acceptors (Lipinski definition) is 1. The van der Waals surface area contributed by atoms with E-state index in [1.807, 2.05) is 18.2 Å². The number of alkyl halides is 1. The summed E-state index contributed by atoms with van der Waals surface area (Å²) in [5, 5.41) is 3.39. The molecule has 1 aromatic heterocycles. The Balaban J connectivity index is 2.13. The lowest BCUT2D eigenvalue weighted by atomic mass is 10.0. The second-order valence-corrected chi connectivity index (χ2v) is 8.15. The van der Waals surface area contributed by atoms with Crippen LogP contribution in [0.25, 0.3) is 10.1 Å². The lowest BCUT2D eigenvalue weighted by molar-refractivity contribution is 0.626. The zero-order chi connectivity index (χ0) is 14.3. The molecule has 0 fully saturated rings. The van der Waals surface area contributed by atoms with Crippen LogP contribution in [-0.2, 0) is 0 Å². The van der Waals surface area contributed by atoms with E-state index in [0.29, 0.717) is 0 Å². The average molecular weight is 526 g/mol. The Labute approximate surface area is 150 Å². The number of halogens is 4. The van der Waals surface area contributed by atoms with Gasteiger partial charge >= 0.3 is 0 Å². The summed E-state index contributed by atoms with van der Waals surface area (Å²) in [4.78, 5) is 0.0676. The molecule has 0 aliphatic heterocycles. The van der Waals surface area contributed by atoms with Crippen molar-refractivity contribution in [2.45, 2.75) is 4.83 Å². The summed E-state index contributed by atoms with van der Waals surface area (Å²) in [6.45, 7) is 0. The van der Waals surface area contributed by atoms with Gasteiger partial charge in [0.2, 0.25) is 0 Å². The number of hydrogen-bond donors (Lipinski definition) is 0. The van der Waals surface area contributed by atoms with Crippen LogP contribution >= 0.6 is 65.8 Å². The van der Waals surface area contributed by atoms with Gasteiger partial charge in [-0.3, -0.25) is 0 Å². The Morgan fingerprint density at radius 1 is 1.15 bits per heavy atom. The van der Waals surface area contributed by atoms with E-state index in [4.69, 9.17) is 0 Å². The van der Waals surface area contributed by atoms with Crippen LogP contribution in [0.2, 0.25) is 0 Å². The van der Waals surface area contributed by atoms with Crippen molar-refractivity contribution in [3.05, 3.63) is 66.8 Å². The van der Waals surface area contributed by atoms with E-state index in [9.17, 15) is 4.39 Å². The third kappa shape index (κ3) is 2.69. The van der Waals surface area contributed by atoms with Crippen LogP contribution in [0.3, 0.4) is 0 Å². The Morgan fingerprint density at radius 2 is 1.95 bits per heavy atom. The van der Waals surface area contributed by atoms with Crippen LogP contribution in [0.1, 0.15) is 16.0 Å². The van der Waals surface area contributed by atoms with Gasteiger partial charge in [0, 0.05) is 12.7 Å². The van der Waals surface area contributed by atoms with Crippen LogP contribution in [0.5, 0.6) is 0 Å². The summed E-state index contributed by atoms with van der Waals surface area (Å²) in [6.07, 6.45) is 0. The van der Waals surface area contributed by atoms with Crippen molar-refractivity contribution in [1.29, 1.82) is 0 Å². The van der Waals surface area contributed by atoms with Crippen molar-refractivity contribution in [3.63, 3.8) is 0 Å². The number of thiophene rings is 1. The van der Waals surface area contributed by atoms with Crippen molar-refractivity contribution in [1.82, 2.24) is 0 Å². The van der Waals surface area contributed by atoms with Crippen molar-refractivity contribution >= 4 is 75.9 Å². The maximum absolute atomic E-state index is 13.2. The molecule has 2 aromatic carbocycles. The third-order valence-corrected chi connectivity index (χ3v) is 6.98. The summed E-state index contributed by atoms with van der Waals surface area (Å²) >= 11 is 11.2. The molecule has 20 heavy (non-hydrogen) atoms. The van der Waals surface area contributed by atoms with Gasteiger partial charge in [0.25, 0.3) is 0 Å². The van der Waals surface area contributed by atoms with E-state index in [2.05, 4.69) is 65.9 Å². The number of rotatable bonds is 2. The molecule has 0 saturated carbocycles. The molecule has 1 atom stereocenters. The maximum atomic E-state index is 13.2. The monoisotopic (exact) mass is 524 g/mol. The van der Waals surface area contributed by atoms with Crippen molar-refractivity contribution in [2.75, 3.05) is 0 Å². The summed E-state index contributed by atoms with van der Waals surface area (Å²) < 4.78 is 16.5. The van der Waals surface area contributed by atoms with Gasteiger partial charge in [0.1, 0.15) is 5.82 Å². The minimum absolute atomic E-state index is 0.0676. The Hall–Kier alpha value is 0.0200. The highest BCUT2D eigenvalue weighted by molar-refractivity contribution is 14.1. The first-order chi connectivity index (χ1) is 9.58. The predicted molar refractivity (Wildman–Crippen MR) is 99.4 cm³/mol. The zero-order valence-electron chi connectivity index (χ0n) is 10.0. The fourth-order valence-corrected chi connectivity index (χ4v) is 5.93. The molecule has 0 amide bonds. The van der Waals surface area contributed by atoms with Crippen LogP contribution in [0, 0.1) is 9.39 Å². The van der Waals surface area contributed by atoms with Crippen molar-refractivity contribution in [2.24, 2.45) is 0 Å². The predicted octanol–water partition coefficient (Wildman–Crippen LogP) is 6.89. The molecule has 0 saturated heterocycles. The fourth-order valence-electron chi connectivity index (χ4n) is 2.11. The van der Waals surface area contributed by atoms with Crippen molar-refractivity contribution in [3.8, 4) is 0 Å². The fraction of sp³-hybridized carbons (Fsp3) is 0.0667. The van der Waals surface area contributed by atoms with Gasteiger partial charge in [-0.15, -0.1) is 11.3 Å². The maximum Gasteiger partial charge on any atom is 0.124 e. The smallest absolute Gasteiger partial charge is 0.124 e. The molecule has 0 aliphatic rings. The number of benzene rings is 2. The first-order valence-electron chi connectivity index (χ1n) is 5.82. The highest BCUT2D eigenvalue weighted by Crippen LogP contribution is 2.42. The minimum atomic E-state index is -0.198. The second kappa shape index (κ2) is 6.02. The van der Waals surface area contributed by atoms with Gasteiger partial charge in [0.05, 0.1) is 4.83 Å². The molecule has 1 unspecified atom stereocenters. The normalized spacial score (nSPS) is 12.8. The molecule has 0 nitrogen and oxygen atoms in total. The average Bonchev–Trinajstić information content (AvgIpc) is 2.83. The SMILES string of the molecule is Fc1ccc(C(Br)c2csc3c(Br)cccc23)c(I)c1. The van der Waals surface area contributed by atoms with E-state index >= 15 is 0 Å². The Bertz CT molecular complexity index is 785. The van der Waals surface area contributed by atoms with Gasteiger partial charge in [-0.25, -0.2) is 4.39 Å². The Morgan fingerprint density at radius 3 is 2.70 bits per heavy atom. The third-order valence-electron chi connectivity index (χ3n) is 3.09. The quantitative estimate of drug-likeness (QED) is 0.252. The number of fused-ring (bicyclic) bond motifs is 1. The standard InChI is InChI=1S/C15H8Br2FIS/c16-12-3-1-2-9-11(7-20-15(9)12)14(17)10-5-4-8(18)6-13(10)19/h1-7,14H. The van der Waals surface area contributed by atoms with E-state index in [1.165, 1.54) is 21.7 Å². The van der Waals surface area contributed by atoms with Crippen molar-refractivity contribution < 1.29 is 4.39 Å². The van der Waals surface area contributed by atoms with E-state index in [1.54, 1.807) is 17.4 Å². The van der Waals surface area contributed by atoms with E-state index in [0.717, 1.165) is 13.6 Å². The molecule has 102 valence electrons. The molecule has 0 spiro atoms. The molecule has 1 heterocycles. The lowest BCUT2D eigenvalue weighted by Crippen LogP contribution is -1.95. The van der Waals surface area contributed by atoms with Crippen LogP contribution < -0.4 is 0 Å². The molecule has 3 rings (SSSR count). The Kier molecular flexibility index (Phi) is 4.50. The van der Waals surface area contributed by atoms with Gasteiger partial charge < -0.3 is 0 Å².